The third kappa shape index (κ3) is 3.81. The smallest absolute Gasteiger partial charge is 0.396 e. The molecule has 35 heavy (non-hydrogen) atoms. The Kier molecular flexibility index (Phi) is 6.48. The fraction of sp³-hybridized carbons (Fsp3) is 0.812. The van der Waals surface area contributed by atoms with Gasteiger partial charge in [0, 0.05) is 0 Å². The van der Waals surface area contributed by atoms with Crippen molar-refractivity contribution < 1.29 is 84.2 Å². The Morgan fingerprint density at radius 2 is 0.971 bits per heavy atom. The van der Waals surface area contributed by atoms with Crippen molar-refractivity contribution in [2.24, 2.45) is 17.8 Å². The Morgan fingerprint density at radius 3 is 1.31 bits per heavy atom. The summed E-state index contributed by atoms with van der Waals surface area (Å²) in [6.07, 6.45) is -12.6. The number of hydrogen-bond acceptors (Lipinski definition) is 2. The van der Waals surface area contributed by atoms with Crippen molar-refractivity contribution in [3.63, 3.8) is 0 Å². The van der Waals surface area contributed by atoms with Gasteiger partial charge in [0.05, 0.1) is 5.92 Å². The lowest BCUT2D eigenvalue weighted by molar-refractivity contribution is -0.474. The van der Waals surface area contributed by atoms with Crippen molar-refractivity contribution in [3.05, 3.63) is 12.2 Å². The minimum Gasteiger partial charge on any atom is -0.396 e. The van der Waals surface area contributed by atoms with E-state index in [9.17, 15) is 79.4 Å². The summed E-state index contributed by atoms with van der Waals surface area (Å²) >= 11 is 0. The van der Waals surface area contributed by atoms with Gasteiger partial charge in [-0.2, -0.15) is 74.6 Å². The molecular weight excluding hydrogens is 547 g/mol. The van der Waals surface area contributed by atoms with Crippen molar-refractivity contribution in [3.8, 4) is 0 Å². The molecule has 0 heterocycles. The minimum absolute atomic E-state index is 0.0741. The van der Waals surface area contributed by atoms with Gasteiger partial charge < -0.3 is 4.74 Å². The largest absolute Gasteiger partial charge is 0.473 e. The summed E-state index contributed by atoms with van der Waals surface area (Å²) in [5.41, 5.74) is 0. The highest BCUT2D eigenvalue weighted by Crippen LogP contribution is 2.64. The zero-order chi connectivity index (χ0) is 27.8. The lowest BCUT2D eigenvalue weighted by Crippen LogP contribution is -2.74. The van der Waals surface area contributed by atoms with E-state index in [0.717, 1.165) is 0 Å². The van der Waals surface area contributed by atoms with Gasteiger partial charge in [-0.1, -0.05) is 12.2 Å². The van der Waals surface area contributed by atoms with Crippen molar-refractivity contribution in [1.82, 2.24) is 0 Å². The van der Waals surface area contributed by atoms with Gasteiger partial charge in [-0.25, -0.2) is 0 Å². The number of fused-ring (bicyclic) bond motifs is 2. The molecule has 2 nitrogen and oxygen atoms in total. The molecule has 3 atom stereocenters. The highest BCUT2D eigenvalue weighted by molar-refractivity contribution is 5.74. The Morgan fingerprint density at radius 1 is 0.571 bits per heavy atom. The topological polar surface area (TPSA) is 26.3 Å². The molecule has 3 unspecified atom stereocenters. The third-order valence-electron chi connectivity index (χ3n) is 5.50. The number of carbonyl (C=O) groups is 1. The van der Waals surface area contributed by atoms with E-state index in [1.165, 1.54) is 12.2 Å². The van der Waals surface area contributed by atoms with Crippen molar-refractivity contribution in [1.29, 1.82) is 0 Å². The van der Waals surface area contributed by atoms with Gasteiger partial charge >= 0.3 is 53.8 Å². The second-order valence-electron chi connectivity index (χ2n) is 7.77. The first-order valence-electron chi connectivity index (χ1n) is 8.83. The average molecular weight is 556 g/mol. The van der Waals surface area contributed by atoms with Gasteiger partial charge in [0.25, 0.3) is 0 Å². The van der Waals surface area contributed by atoms with Crippen molar-refractivity contribution >= 4 is 5.97 Å². The molecular formula is C16H9F17O2. The molecule has 1 saturated carbocycles. The van der Waals surface area contributed by atoms with Crippen LogP contribution in [0.25, 0.3) is 0 Å². The van der Waals surface area contributed by atoms with E-state index in [0.29, 0.717) is 0 Å². The van der Waals surface area contributed by atoms with E-state index in [1.54, 1.807) is 0 Å². The zero-order valence-electron chi connectivity index (χ0n) is 16.0. The van der Waals surface area contributed by atoms with Gasteiger partial charge in [-0.15, -0.1) is 0 Å². The Hall–Kier alpha value is -1.98. The Bertz CT molecular complexity index is 872. The van der Waals surface area contributed by atoms with E-state index >= 15 is 0 Å². The maximum atomic E-state index is 13.7. The number of ether oxygens (including phenoxy) is 1. The van der Waals surface area contributed by atoms with Crippen LogP contribution in [0.4, 0.5) is 74.6 Å². The molecule has 0 aromatic heterocycles. The molecule has 0 amide bonds. The van der Waals surface area contributed by atoms with Crippen LogP contribution in [-0.4, -0.2) is 53.8 Å². The summed E-state index contributed by atoms with van der Waals surface area (Å²) in [4.78, 5) is 11.7. The van der Waals surface area contributed by atoms with Crippen molar-refractivity contribution in [2.75, 3.05) is 0 Å². The SMILES string of the molecule is O=C(OC(F)(F)C(F)(F)C(F)(F)C(F)(F)C(F)(F)C(F)(F)C(F)(F)C(F)(F)F)C1CC2C=CC1C2. The van der Waals surface area contributed by atoms with E-state index < -0.39 is 71.5 Å². The second kappa shape index (κ2) is 7.76. The third-order valence-corrected chi connectivity index (χ3v) is 5.50. The van der Waals surface area contributed by atoms with Gasteiger partial charge in [0.1, 0.15) is 0 Å². The minimum atomic E-state index is -8.72. The monoisotopic (exact) mass is 556 g/mol. The molecule has 0 aromatic carbocycles. The fourth-order valence-electron chi connectivity index (χ4n) is 3.47. The fourth-order valence-corrected chi connectivity index (χ4v) is 3.47. The normalized spacial score (nSPS) is 24.8. The molecule has 2 rings (SSSR count). The summed E-state index contributed by atoms with van der Waals surface area (Å²) in [7, 11) is 0. The van der Waals surface area contributed by atoms with Crippen LogP contribution < -0.4 is 0 Å². The summed E-state index contributed by atoms with van der Waals surface area (Å²) in [6, 6.07) is 0. The molecule has 0 N–H and O–H groups in total. The molecule has 0 aromatic rings. The highest BCUT2D eigenvalue weighted by Gasteiger charge is 2.96. The first-order valence-corrected chi connectivity index (χ1v) is 8.83. The van der Waals surface area contributed by atoms with Crippen LogP contribution in [0, 0.1) is 17.8 Å². The molecule has 2 bridgehead atoms. The molecule has 2 aliphatic carbocycles. The number of esters is 1. The number of carbonyl (C=O) groups excluding carboxylic acids is 1. The van der Waals surface area contributed by atoms with Crippen LogP contribution in [0.1, 0.15) is 12.8 Å². The molecule has 0 saturated heterocycles. The van der Waals surface area contributed by atoms with Crippen LogP contribution in [0.2, 0.25) is 0 Å². The predicted octanol–water partition coefficient (Wildman–Crippen LogP) is 6.71. The lowest BCUT2D eigenvalue weighted by atomic mass is 9.90. The van der Waals surface area contributed by atoms with Gasteiger partial charge in [0.2, 0.25) is 0 Å². The maximum absolute atomic E-state index is 13.7. The quantitative estimate of drug-likeness (QED) is 0.189. The molecule has 19 heteroatoms. The summed E-state index contributed by atoms with van der Waals surface area (Å²) in [5.74, 6) is -56.3. The number of alkyl halides is 17. The molecule has 204 valence electrons. The Labute approximate surface area is 182 Å². The average Bonchev–Trinajstić information content (AvgIpc) is 3.29. The number of allylic oxidation sites excluding steroid dienone is 2. The summed E-state index contributed by atoms with van der Waals surface area (Å²) in [5, 5.41) is 0. The Balaban J connectivity index is 2.44. The van der Waals surface area contributed by atoms with Crippen LogP contribution >= 0.6 is 0 Å². The number of halogens is 17. The van der Waals surface area contributed by atoms with Crippen LogP contribution in [0.3, 0.4) is 0 Å². The second-order valence-corrected chi connectivity index (χ2v) is 7.77. The molecule has 2 aliphatic rings. The molecule has 0 aliphatic heterocycles. The van der Waals surface area contributed by atoms with Crippen LogP contribution in [0.5, 0.6) is 0 Å². The molecule has 0 spiro atoms. The number of rotatable bonds is 8. The van der Waals surface area contributed by atoms with Crippen molar-refractivity contribution in [2.45, 2.75) is 60.7 Å². The maximum Gasteiger partial charge on any atom is 0.473 e. The molecule has 1 fully saturated rings. The zero-order valence-corrected chi connectivity index (χ0v) is 16.0. The lowest BCUT2D eigenvalue weighted by Gasteiger charge is -2.42. The van der Waals surface area contributed by atoms with Crippen LogP contribution in [-0.2, 0) is 9.53 Å². The first-order chi connectivity index (χ1) is 15.2. The van der Waals surface area contributed by atoms with E-state index in [1.807, 2.05) is 0 Å². The van der Waals surface area contributed by atoms with Crippen LogP contribution in [0.15, 0.2) is 12.2 Å². The summed E-state index contributed by atoms with van der Waals surface area (Å²) in [6.45, 7) is 0. The van der Waals surface area contributed by atoms with E-state index in [4.69, 9.17) is 0 Å². The van der Waals surface area contributed by atoms with E-state index in [2.05, 4.69) is 4.74 Å². The number of hydrogen-bond donors (Lipinski definition) is 0. The first kappa shape index (κ1) is 29.3. The van der Waals surface area contributed by atoms with Gasteiger partial charge in [-0.05, 0) is 24.7 Å². The summed E-state index contributed by atoms with van der Waals surface area (Å²) < 4.78 is 226. The standard InChI is InChI=1S/C16H9F17O2/c17-9(18,11(21,22)13(25,26)15(29,30)31)10(19,20)12(23,24)14(27,28)16(32,33)35-8(34)7-4-5-1-2-6(7)3-5/h1-2,5-7H,3-4H2. The van der Waals surface area contributed by atoms with Gasteiger partial charge in [0.15, 0.2) is 0 Å². The predicted molar refractivity (Wildman–Crippen MR) is 75.6 cm³/mol. The van der Waals surface area contributed by atoms with Gasteiger partial charge in [-0.3, -0.25) is 4.79 Å². The molecule has 0 radical (unpaired) electrons. The van der Waals surface area contributed by atoms with E-state index in [-0.39, 0.29) is 12.8 Å². The highest BCUT2D eigenvalue weighted by atomic mass is 19.4.